The summed E-state index contributed by atoms with van der Waals surface area (Å²) in [6, 6.07) is 2.26. The monoisotopic (exact) mass is 344 g/mol. The fraction of sp³-hybridized carbons (Fsp3) is 0.571. The van der Waals surface area contributed by atoms with Crippen LogP contribution in [0.5, 0.6) is 0 Å². The summed E-state index contributed by atoms with van der Waals surface area (Å²) < 4.78 is 0. The summed E-state index contributed by atoms with van der Waals surface area (Å²) in [4.78, 5) is 14.9. The van der Waals surface area contributed by atoms with E-state index in [2.05, 4.69) is 42.6 Å². The van der Waals surface area contributed by atoms with Crippen molar-refractivity contribution in [2.75, 3.05) is 33.4 Å². The van der Waals surface area contributed by atoms with Crippen molar-refractivity contribution in [3.8, 4) is 0 Å². The zero-order valence-corrected chi connectivity index (χ0v) is 15.1. The average molecular weight is 345 g/mol. The van der Waals surface area contributed by atoms with Gasteiger partial charge < -0.3 is 15.5 Å². The van der Waals surface area contributed by atoms with Crippen LogP contribution in [0.4, 0.5) is 0 Å². The number of aryl methyl sites for hydroxylation is 1. The smallest absolute Gasteiger partial charge is 0.274 e. The highest BCUT2D eigenvalue weighted by atomic mass is 32.2. The summed E-state index contributed by atoms with van der Waals surface area (Å²) in [5.41, 5.74) is 1.36. The normalized spacial score (nSPS) is 11.8. The lowest BCUT2D eigenvalue weighted by Crippen LogP contribution is -2.26. The molecule has 6 nitrogen and oxygen atoms in total. The van der Waals surface area contributed by atoms with Gasteiger partial charge in [0.15, 0.2) is 5.82 Å². The van der Waals surface area contributed by atoms with Gasteiger partial charge >= 0.3 is 0 Å². The number of rotatable bonds is 10. The zero-order valence-electron chi connectivity index (χ0n) is 13.5. The second-order valence-corrected chi connectivity index (χ2v) is 7.44. The van der Waals surface area contributed by atoms with Crippen LogP contribution in [-0.2, 0) is 12.3 Å². The van der Waals surface area contributed by atoms with E-state index in [0.29, 0.717) is 12.4 Å². The molecule has 0 fully saturated rings. The maximum Gasteiger partial charge on any atom is 0.274 e. The lowest BCUT2D eigenvalue weighted by Gasteiger charge is -2.08. The van der Waals surface area contributed by atoms with Crippen molar-refractivity contribution in [1.82, 2.24) is 15.5 Å². The van der Waals surface area contributed by atoms with Crippen molar-refractivity contribution in [2.24, 2.45) is 0 Å². The predicted molar refractivity (Wildman–Crippen MR) is 94.7 cm³/mol. The molecular formula is C14H24N4O2S2. The van der Waals surface area contributed by atoms with Gasteiger partial charge in [-0.3, -0.25) is 10.1 Å². The molecule has 0 aromatic carbocycles. The van der Waals surface area contributed by atoms with E-state index in [9.17, 15) is 10.1 Å². The van der Waals surface area contributed by atoms with Crippen LogP contribution in [0.2, 0.25) is 0 Å². The molecule has 1 aromatic heterocycles. The Morgan fingerprint density at radius 1 is 1.55 bits per heavy atom. The number of hydrogen-bond acceptors (Lipinski definition) is 7. The third-order valence-electron chi connectivity index (χ3n) is 2.84. The van der Waals surface area contributed by atoms with E-state index in [1.807, 2.05) is 23.1 Å². The minimum atomic E-state index is -0.466. The maximum absolute atomic E-state index is 10.4. The zero-order chi connectivity index (χ0) is 16.5. The second-order valence-electron chi connectivity index (χ2n) is 5.11. The van der Waals surface area contributed by atoms with Gasteiger partial charge in [-0.05, 0) is 32.6 Å². The molecule has 124 valence electrons. The quantitative estimate of drug-likeness (QED) is 0.385. The Morgan fingerprint density at radius 2 is 2.27 bits per heavy atom. The molecule has 0 saturated carbocycles. The van der Waals surface area contributed by atoms with Gasteiger partial charge in [0, 0.05) is 41.4 Å². The molecule has 0 amide bonds. The van der Waals surface area contributed by atoms with Crippen LogP contribution < -0.4 is 10.6 Å². The lowest BCUT2D eigenvalue weighted by atomic mass is 10.2. The Bertz CT molecular complexity index is 515. The minimum Gasteiger partial charge on any atom is -0.370 e. The summed E-state index contributed by atoms with van der Waals surface area (Å²) >= 11 is 3.70. The van der Waals surface area contributed by atoms with Crippen molar-refractivity contribution < 1.29 is 4.92 Å². The first-order valence-electron chi connectivity index (χ1n) is 7.00. The van der Waals surface area contributed by atoms with E-state index < -0.39 is 4.92 Å². The Kier molecular flexibility index (Phi) is 8.29. The SMILES string of the molecule is CN/C(=C\[N+](=O)[O-])NCCSCc1cc(C)c(CN(C)C)s1. The summed E-state index contributed by atoms with van der Waals surface area (Å²) in [6.45, 7) is 3.84. The van der Waals surface area contributed by atoms with Gasteiger partial charge in [0.25, 0.3) is 6.20 Å². The van der Waals surface area contributed by atoms with Crippen molar-refractivity contribution in [3.63, 3.8) is 0 Å². The molecule has 0 radical (unpaired) electrons. The number of thiophene rings is 1. The first-order valence-corrected chi connectivity index (χ1v) is 8.97. The van der Waals surface area contributed by atoms with Crippen LogP contribution in [0.1, 0.15) is 15.3 Å². The molecule has 1 heterocycles. The number of thioether (sulfide) groups is 1. The van der Waals surface area contributed by atoms with Crippen molar-refractivity contribution >= 4 is 23.1 Å². The number of hydrogen-bond donors (Lipinski definition) is 2. The van der Waals surface area contributed by atoms with Crippen LogP contribution in [-0.4, -0.2) is 43.3 Å². The molecule has 0 unspecified atom stereocenters. The number of nitrogens with zero attached hydrogens (tertiary/aromatic N) is 2. The summed E-state index contributed by atoms with van der Waals surface area (Å²) in [5.74, 6) is 2.32. The summed E-state index contributed by atoms with van der Waals surface area (Å²) in [5, 5.41) is 16.2. The van der Waals surface area contributed by atoms with Crippen LogP contribution >= 0.6 is 23.1 Å². The Hall–Kier alpha value is -1.25. The van der Waals surface area contributed by atoms with Gasteiger partial charge in [-0.2, -0.15) is 11.8 Å². The largest absolute Gasteiger partial charge is 0.370 e. The van der Waals surface area contributed by atoms with Crippen LogP contribution in [0.3, 0.4) is 0 Å². The molecule has 0 aliphatic carbocycles. The lowest BCUT2D eigenvalue weighted by molar-refractivity contribution is -0.404. The van der Waals surface area contributed by atoms with Crippen molar-refractivity contribution in [3.05, 3.63) is 43.5 Å². The van der Waals surface area contributed by atoms with E-state index in [1.165, 1.54) is 15.3 Å². The first kappa shape index (κ1) is 18.8. The molecule has 0 saturated heterocycles. The van der Waals surface area contributed by atoms with Gasteiger partial charge in [0.1, 0.15) is 0 Å². The van der Waals surface area contributed by atoms with E-state index in [4.69, 9.17) is 0 Å². The summed E-state index contributed by atoms with van der Waals surface area (Å²) in [6.07, 6.45) is 0.945. The van der Waals surface area contributed by atoms with E-state index >= 15 is 0 Å². The molecule has 0 spiro atoms. The highest BCUT2D eigenvalue weighted by molar-refractivity contribution is 7.98. The molecule has 0 bridgehead atoms. The molecule has 0 aliphatic rings. The molecule has 0 aliphatic heterocycles. The van der Waals surface area contributed by atoms with Crippen molar-refractivity contribution in [2.45, 2.75) is 19.2 Å². The molecule has 1 rings (SSSR count). The van der Waals surface area contributed by atoms with Crippen LogP contribution in [0.15, 0.2) is 18.1 Å². The highest BCUT2D eigenvalue weighted by Gasteiger charge is 2.07. The fourth-order valence-corrected chi connectivity index (χ4v) is 4.10. The van der Waals surface area contributed by atoms with Gasteiger partial charge in [-0.25, -0.2) is 0 Å². The van der Waals surface area contributed by atoms with Crippen LogP contribution in [0.25, 0.3) is 0 Å². The van der Waals surface area contributed by atoms with Crippen molar-refractivity contribution in [1.29, 1.82) is 0 Å². The topological polar surface area (TPSA) is 70.4 Å². The average Bonchev–Trinajstić information content (AvgIpc) is 2.76. The molecule has 22 heavy (non-hydrogen) atoms. The number of nitro groups is 1. The van der Waals surface area contributed by atoms with Gasteiger partial charge in [0.05, 0.1) is 4.92 Å². The standard InChI is InChI=1S/C14H24N4O2S2/c1-11-7-12(22-13(11)8-17(3)4)10-21-6-5-16-14(15-2)9-18(19)20/h7,9,15-16H,5-6,8,10H2,1-4H3/b14-9+. The van der Waals surface area contributed by atoms with E-state index in [0.717, 1.165) is 24.3 Å². The van der Waals surface area contributed by atoms with Gasteiger partial charge in [0.2, 0.25) is 0 Å². The molecule has 0 atom stereocenters. The third kappa shape index (κ3) is 7.15. The maximum atomic E-state index is 10.4. The molecule has 8 heteroatoms. The minimum absolute atomic E-state index is 0.436. The number of nitrogens with one attached hydrogen (secondary N) is 2. The molecule has 1 aromatic rings. The van der Waals surface area contributed by atoms with E-state index in [-0.39, 0.29) is 0 Å². The fourth-order valence-electron chi connectivity index (χ4n) is 1.84. The molecular weight excluding hydrogens is 320 g/mol. The Balaban J connectivity index is 2.31. The predicted octanol–water partition coefficient (Wildman–Crippen LogP) is 2.24. The van der Waals surface area contributed by atoms with Gasteiger partial charge in [-0.15, -0.1) is 11.3 Å². The van der Waals surface area contributed by atoms with Crippen LogP contribution in [0, 0.1) is 17.0 Å². The highest BCUT2D eigenvalue weighted by Crippen LogP contribution is 2.26. The molecule has 2 N–H and O–H groups in total. The first-order chi connectivity index (χ1) is 10.4. The second kappa shape index (κ2) is 9.70. The summed E-state index contributed by atoms with van der Waals surface area (Å²) in [7, 11) is 5.82. The third-order valence-corrected chi connectivity index (χ3v) is 5.25. The Morgan fingerprint density at radius 3 is 2.86 bits per heavy atom. The Labute approximate surface area is 140 Å². The van der Waals surface area contributed by atoms with E-state index in [1.54, 1.807) is 7.05 Å². The van der Waals surface area contributed by atoms with Gasteiger partial charge in [-0.1, -0.05) is 0 Å².